The molecule has 4 rings (SSSR count). The minimum Gasteiger partial charge on any atom is -0.494 e. The molecule has 0 saturated carbocycles. The lowest BCUT2D eigenvalue weighted by molar-refractivity contribution is 0.101. The molecule has 134 valence electrons. The summed E-state index contributed by atoms with van der Waals surface area (Å²) in [6, 6.07) is 9.99. The normalized spacial score (nSPS) is 11.5. The molecule has 0 saturated heterocycles. The highest BCUT2D eigenvalue weighted by Crippen LogP contribution is 2.31. The molecule has 0 spiro atoms. The number of carbonyl (C=O) groups is 1. The minimum absolute atomic E-state index is 0.133. The fourth-order valence-electron chi connectivity index (χ4n) is 3.05. The average Bonchev–Trinajstić information content (AvgIpc) is 3.26. The SMILES string of the molecule is CCOc1ccc2nc(NC(=O)c3cc4sccc4n3C(C)C)sc2c1. The first-order chi connectivity index (χ1) is 12.6. The number of ether oxygens (including phenoxy) is 1. The molecule has 7 heteroatoms. The van der Waals surface area contributed by atoms with E-state index in [1.165, 1.54) is 11.3 Å². The number of hydrogen-bond donors (Lipinski definition) is 1. The van der Waals surface area contributed by atoms with Crippen LogP contribution < -0.4 is 10.1 Å². The maximum absolute atomic E-state index is 12.9. The van der Waals surface area contributed by atoms with Crippen molar-refractivity contribution in [2.24, 2.45) is 0 Å². The van der Waals surface area contributed by atoms with Crippen LogP contribution >= 0.6 is 22.7 Å². The lowest BCUT2D eigenvalue weighted by Crippen LogP contribution is -2.18. The number of benzene rings is 1. The van der Waals surface area contributed by atoms with Gasteiger partial charge in [-0.25, -0.2) is 4.98 Å². The second-order valence-corrected chi connectivity index (χ2v) is 8.18. The molecule has 0 aliphatic rings. The van der Waals surface area contributed by atoms with Crippen molar-refractivity contribution in [1.82, 2.24) is 9.55 Å². The van der Waals surface area contributed by atoms with Gasteiger partial charge in [0.15, 0.2) is 5.13 Å². The number of hydrogen-bond acceptors (Lipinski definition) is 5. The maximum atomic E-state index is 12.9. The van der Waals surface area contributed by atoms with Crippen molar-refractivity contribution in [3.8, 4) is 5.75 Å². The largest absolute Gasteiger partial charge is 0.494 e. The number of nitrogens with zero attached hydrogens (tertiary/aromatic N) is 2. The lowest BCUT2D eigenvalue weighted by Gasteiger charge is -2.13. The Bertz CT molecular complexity index is 1090. The average molecular weight is 386 g/mol. The Hall–Kier alpha value is -2.38. The van der Waals surface area contributed by atoms with Crippen LogP contribution in [0, 0.1) is 0 Å². The summed E-state index contributed by atoms with van der Waals surface area (Å²) in [5.74, 6) is 0.682. The molecule has 26 heavy (non-hydrogen) atoms. The highest BCUT2D eigenvalue weighted by atomic mass is 32.1. The third-order valence-electron chi connectivity index (χ3n) is 4.10. The van der Waals surface area contributed by atoms with Gasteiger partial charge in [-0.05, 0) is 56.5 Å². The Labute approximate surface area is 159 Å². The van der Waals surface area contributed by atoms with E-state index in [0.29, 0.717) is 17.4 Å². The van der Waals surface area contributed by atoms with E-state index >= 15 is 0 Å². The van der Waals surface area contributed by atoms with Gasteiger partial charge in [0.05, 0.1) is 27.0 Å². The van der Waals surface area contributed by atoms with Gasteiger partial charge >= 0.3 is 0 Å². The van der Waals surface area contributed by atoms with Crippen LogP contribution in [0.5, 0.6) is 5.75 Å². The van der Waals surface area contributed by atoms with Crippen LogP contribution in [0.25, 0.3) is 20.4 Å². The molecule has 3 aromatic heterocycles. The molecule has 0 unspecified atom stereocenters. The number of thiazole rings is 1. The molecular weight excluding hydrogens is 366 g/mol. The molecule has 0 fully saturated rings. The van der Waals surface area contributed by atoms with Crippen molar-refractivity contribution >= 4 is 54.1 Å². The Morgan fingerprint density at radius 3 is 2.88 bits per heavy atom. The number of thiophene rings is 1. The number of anilines is 1. The fourth-order valence-corrected chi connectivity index (χ4v) is 4.75. The fraction of sp³-hybridized carbons (Fsp3) is 0.263. The van der Waals surface area contributed by atoms with E-state index in [-0.39, 0.29) is 11.9 Å². The van der Waals surface area contributed by atoms with E-state index in [9.17, 15) is 4.79 Å². The molecule has 1 N–H and O–H groups in total. The number of fused-ring (bicyclic) bond motifs is 2. The predicted molar refractivity (Wildman–Crippen MR) is 109 cm³/mol. The van der Waals surface area contributed by atoms with Crippen molar-refractivity contribution in [3.63, 3.8) is 0 Å². The topological polar surface area (TPSA) is 56.1 Å². The van der Waals surface area contributed by atoms with Gasteiger partial charge in [0.2, 0.25) is 0 Å². The zero-order valence-electron chi connectivity index (χ0n) is 14.8. The van der Waals surface area contributed by atoms with E-state index < -0.39 is 0 Å². The Balaban J connectivity index is 1.65. The third-order valence-corrected chi connectivity index (χ3v) is 5.89. The van der Waals surface area contributed by atoms with Crippen molar-refractivity contribution < 1.29 is 9.53 Å². The Kier molecular flexibility index (Phi) is 4.42. The zero-order valence-corrected chi connectivity index (χ0v) is 16.4. The van der Waals surface area contributed by atoms with Gasteiger partial charge in [0, 0.05) is 6.04 Å². The first-order valence-corrected chi connectivity index (χ1v) is 10.2. The molecule has 5 nitrogen and oxygen atoms in total. The minimum atomic E-state index is -0.133. The number of nitrogens with one attached hydrogen (secondary N) is 1. The summed E-state index contributed by atoms with van der Waals surface area (Å²) in [5, 5.41) is 5.60. The molecule has 0 aliphatic carbocycles. The van der Waals surface area contributed by atoms with E-state index in [1.54, 1.807) is 11.3 Å². The Morgan fingerprint density at radius 1 is 1.27 bits per heavy atom. The molecule has 4 aromatic rings. The van der Waals surface area contributed by atoms with Crippen molar-refractivity contribution in [2.75, 3.05) is 11.9 Å². The zero-order chi connectivity index (χ0) is 18.3. The van der Waals surface area contributed by atoms with Crippen LogP contribution in [0.4, 0.5) is 5.13 Å². The first-order valence-electron chi connectivity index (χ1n) is 8.50. The van der Waals surface area contributed by atoms with E-state index in [1.807, 2.05) is 31.2 Å². The second kappa shape index (κ2) is 6.74. The van der Waals surface area contributed by atoms with Crippen molar-refractivity contribution in [3.05, 3.63) is 41.4 Å². The predicted octanol–water partition coefficient (Wildman–Crippen LogP) is 5.54. The molecule has 1 aromatic carbocycles. The summed E-state index contributed by atoms with van der Waals surface area (Å²) in [7, 11) is 0. The first kappa shape index (κ1) is 17.1. The standard InChI is InChI=1S/C19H19N3O2S2/c1-4-24-12-5-6-13-16(9-12)26-19(20-13)21-18(23)15-10-17-14(7-8-25-17)22(15)11(2)3/h5-11H,4H2,1-3H3,(H,20,21,23). The van der Waals surface area contributed by atoms with E-state index in [4.69, 9.17) is 4.74 Å². The van der Waals surface area contributed by atoms with Crippen molar-refractivity contribution in [1.29, 1.82) is 0 Å². The maximum Gasteiger partial charge on any atom is 0.274 e. The molecule has 3 heterocycles. The number of amides is 1. The van der Waals surface area contributed by atoms with Gasteiger partial charge in [-0.15, -0.1) is 11.3 Å². The summed E-state index contributed by atoms with van der Waals surface area (Å²) >= 11 is 3.10. The van der Waals surface area contributed by atoms with E-state index in [2.05, 4.69) is 40.2 Å². The summed E-state index contributed by atoms with van der Waals surface area (Å²) < 4.78 is 9.71. The highest BCUT2D eigenvalue weighted by molar-refractivity contribution is 7.22. The molecule has 0 radical (unpaired) electrons. The molecular formula is C19H19N3O2S2. The van der Waals surface area contributed by atoms with Gasteiger partial charge in [-0.1, -0.05) is 11.3 Å². The second-order valence-electron chi connectivity index (χ2n) is 6.20. The summed E-state index contributed by atoms with van der Waals surface area (Å²) in [6.45, 7) is 6.75. The van der Waals surface area contributed by atoms with Crippen LogP contribution in [0.15, 0.2) is 35.7 Å². The smallest absolute Gasteiger partial charge is 0.274 e. The van der Waals surface area contributed by atoms with Crippen LogP contribution in [0.3, 0.4) is 0 Å². The summed E-state index contributed by atoms with van der Waals surface area (Å²) in [6.07, 6.45) is 0. The van der Waals surface area contributed by atoms with Crippen LogP contribution in [0.2, 0.25) is 0 Å². The number of carbonyl (C=O) groups excluding carboxylic acids is 1. The third kappa shape index (κ3) is 2.97. The molecule has 0 aliphatic heterocycles. The van der Waals surface area contributed by atoms with Gasteiger partial charge in [0.25, 0.3) is 5.91 Å². The summed E-state index contributed by atoms with van der Waals surface area (Å²) in [4.78, 5) is 17.4. The van der Waals surface area contributed by atoms with Gasteiger partial charge in [-0.3, -0.25) is 10.1 Å². The van der Waals surface area contributed by atoms with Crippen LogP contribution in [0.1, 0.15) is 37.3 Å². The molecule has 1 amide bonds. The van der Waals surface area contributed by atoms with Gasteiger partial charge < -0.3 is 9.30 Å². The lowest BCUT2D eigenvalue weighted by atomic mass is 10.3. The van der Waals surface area contributed by atoms with Gasteiger partial charge in [-0.2, -0.15) is 0 Å². The highest BCUT2D eigenvalue weighted by Gasteiger charge is 2.19. The number of aromatic nitrogens is 2. The Morgan fingerprint density at radius 2 is 2.12 bits per heavy atom. The quantitative estimate of drug-likeness (QED) is 0.490. The van der Waals surface area contributed by atoms with Gasteiger partial charge in [0.1, 0.15) is 11.4 Å². The van der Waals surface area contributed by atoms with Crippen LogP contribution in [-0.4, -0.2) is 22.1 Å². The van der Waals surface area contributed by atoms with Crippen molar-refractivity contribution in [2.45, 2.75) is 26.8 Å². The van der Waals surface area contributed by atoms with Crippen LogP contribution in [-0.2, 0) is 0 Å². The number of rotatable bonds is 5. The monoisotopic (exact) mass is 385 g/mol. The molecule has 0 atom stereocenters. The summed E-state index contributed by atoms with van der Waals surface area (Å²) in [5.41, 5.74) is 2.62. The van der Waals surface area contributed by atoms with E-state index in [0.717, 1.165) is 26.2 Å². The molecule has 0 bridgehead atoms.